The van der Waals surface area contributed by atoms with E-state index in [9.17, 15) is 0 Å². The number of benzene rings is 1. The molecule has 3 N–H and O–H groups in total. The van der Waals surface area contributed by atoms with Crippen molar-refractivity contribution in [2.45, 2.75) is 32.7 Å². The normalized spacial score (nSPS) is 11.4. The Morgan fingerprint density at radius 3 is 2.60 bits per heavy atom. The average Bonchev–Trinajstić information content (AvgIpc) is 2.35. The van der Waals surface area contributed by atoms with Crippen LogP contribution in [0, 0.1) is 0 Å². The first kappa shape index (κ1) is 14.8. The molecule has 0 unspecified atom stereocenters. The summed E-state index contributed by atoms with van der Waals surface area (Å²) in [6, 6.07) is 9.91. The molecule has 20 heavy (non-hydrogen) atoms. The number of halogens is 1. The molecule has 0 aliphatic carbocycles. The SMILES string of the molecule is CC(C)(C)c1nc(N)cc(NCc2cccc(Br)c2)n1. The van der Waals surface area contributed by atoms with Gasteiger partial charge in [0.1, 0.15) is 17.5 Å². The Balaban J connectivity index is 2.16. The van der Waals surface area contributed by atoms with Crippen molar-refractivity contribution in [2.24, 2.45) is 0 Å². The highest BCUT2D eigenvalue weighted by atomic mass is 79.9. The molecule has 0 aliphatic rings. The molecule has 0 radical (unpaired) electrons. The van der Waals surface area contributed by atoms with Gasteiger partial charge in [-0.2, -0.15) is 0 Å². The molecule has 5 heteroatoms. The van der Waals surface area contributed by atoms with E-state index in [2.05, 4.69) is 64.1 Å². The summed E-state index contributed by atoms with van der Waals surface area (Å²) in [7, 11) is 0. The van der Waals surface area contributed by atoms with Crippen molar-refractivity contribution in [3.05, 3.63) is 46.2 Å². The second-order valence-electron chi connectivity index (χ2n) is 5.74. The summed E-state index contributed by atoms with van der Waals surface area (Å²) in [5, 5.41) is 3.29. The lowest BCUT2D eigenvalue weighted by atomic mass is 9.96. The molecule has 1 aromatic heterocycles. The summed E-state index contributed by atoms with van der Waals surface area (Å²) >= 11 is 3.46. The van der Waals surface area contributed by atoms with Crippen LogP contribution in [-0.2, 0) is 12.0 Å². The summed E-state index contributed by atoms with van der Waals surface area (Å²) in [6.07, 6.45) is 0. The maximum absolute atomic E-state index is 5.85. The van der Waals surface area contributed by atoms with Crippen molar-refractivity contribution in [3.8, 4) is 0 Å². The number of nitrogen functional groups attached to an aromatic ring is 1. The van der Waals surface area contributed by atoms with E-state index in [1.807, 2.05) is 12.1 Å². The minimum atomic E-state index is -0.123. The van der Waals surface area contributed by atoms with E-state index in [0.29, 0.717) is 12.4 Å². The van der Waals surface area contributed by atoms with E-state index in [0.717, 1.165) is 16.1 Å². The van der Waals surface area contributed by atoms with Crippen LogP contribution < -0.4 is 11.1 Å². The molecule has 0 spiro atoms. The second-order valence-corrected chi connectivity index (χ2v) is 6.65. The first-order chi connectivity index (χ1) is 9.34. The number of nitrogens with two attached hydrogens (primary N) is 1. The highest BCUT2D eigenvalue weighted by Crippen LogP contribution is 2.21. The van der Waals surface area contributed by atoms with Crippen LogP contribution in [-0.4, -0.2) is 9.97 Å². The van der Waals surface area contributed by atoms with Crippen LogP contribution >= 0.6 is 15.9 Å². The number of nitrogens with zero attached hydrogens (tertiary/aromatic N) is 2. The summed E-state index contributed by atoms with van der Waals surface area (Å²) in [5.41, 5.74) is 6.90. The van der Waals surface area contributed by atoms with E-state index in [1.54, 1.807) is 6.07 Å². The smallest absolute Gasteiger partial charge is 0.138 e. The lowest BCUT2D eigenvalue weighted by molar-refractivity contribution is 0.547. The van der Waals surface area contributed by atoms with Gasteiger partial charge in [-0.15, -0.1) is 0 Å². The van der Waals surface area contributed by atoms with E-state index < -0.39 is 0 Å². The second kappa shape index (κ2) is 5.79. The molecule has 0 aliphatic heterocycles. The minimum Gasteiger partial charge on any atom is -0.384 e. The zero-order valence-corrected chi connectivity index (χ0v) is 13.5. The van der Waals surface area contributed by atoms with Crippen molar-refractivity contribution < 1.29 is 0 Å². The Bertz CT molecular complexity index is 605. The molecule has 2 rings (SSSR count). The fourth-order valence-electron chi connectivity index (χ4n) is 1.73. The van der Waals surface area contributed by atoms with Gasteiger partial charge in [-0.25, -0.2) is 9.97 Å². The average molecular weight is 335 g/mol. The van der Waals surface area contributed by atoms with Crippen LogP contribution in [0.4, 0.5) is 11.6 Å². The molecule has 1 aromatic carbocycles. The Morgan fingerprint density at radius 2 is 1.95 bits per heavy atom. The number of hydrogen-bond donors (Lipinski definition) is 2. The zero-order valence-electron chi connectivity index (χ0n) is 11.9. The molecule has 0 bridgehead atoms. The molecule has 0 saturated heterocycles. The molecule has 1 heterocycles. The van der Waals surface area contributed by atoms with Crippen LogP contribution in [0.5, 0.6) is 0 Å². The van der Waals surface area contributed by atoms with Crippen LogP contribution in [0.3, 0.4) is 0 Å². The predicted molar refractivity (Wildman–Crippen MR) is 86.6 cm³/mol. The van der Waals surface area contributed by atoms with Gasteiger partial charge >= 0.3 is 0 Å². The summed E-state index contributed by atoms with van der Waals surface area (Å²) in [5.74, 6) is 1.98. The van der Waals surface area contributed by atoms with Gasteiger partial charge in [0.2, 0.25) is 0 Å². The van der Waals surface area contributed by atoms with Crippen LogP contribution in [0.15, 0.2) is 34.8 Å². The van der Waals surface area contributed by atoms with E-state index in [-0.39, 0.29) is 5.41 Å². The Morgan fingerprint density at radius 1 is 1.20 bits per heavy atom. The molecule has 2 aromatic rings. The molecule has 0 fully saturated rings. The molecule has 106 valence electrons. The van der Waals surface area contributed by atoms with E-state index >= 15 is 0 Å². The van der Waals surface area contributed by atoms with Crippen molar-refractivity contribution in [1.29, 1.82) is 0 Å². The van der Waals surface area contributed by atoms with Gasteiger partial charge in [0, 0.05) is 22.5 Å². The Hall–Kier alpha value is -1.62. The molecule has 0 atom stereocenters. The number of nitrogens with one attached hydrogen (secondary N) is 1. The standard InChI is InChI=1S/C15H19BrN4/c1-15(2,3)14-19-12(17)8-13(20-14)18-9-10-5-4-6-11(16)7-10/h4-8H,9H2,1-3H3,(H3,17,18,19,20). The lowest BCUT2D eigenvalue weighted by Gasteiger charge is -2.18. The van der Waals surface area contributed by atoms with Crippen molar-refractivity contribution in [1.82, 2.24) is 9.97 Å². The zero-order chi connectivity index (χ0) is 14.8. The van der Waals surface area contributed by atoms with Gasteiger partial charge < -0.3 is 11.1 Å². The number of aromatic nitrogens is 2. The van der Waals surface area contributed by atoms with Crippen molar-refractivity contribution in [2.75, 3.05) is 11.1 Å². The largest absolute Gasteiger partial charge is 0.384 e. The molecular formula is C15H19BrN4. The van der Waals surface area contributed by atoms with Gasteiger partial charge in [0.15, 0.2) is 0 Å². The Labute approximate surface area is 128 Å². The van der Waals surface area contributed by atoms with Crippen LogP contribution in [0.1, 0.15) is 32.2 Å². The summed E-state index contributed by atoms with van der Waals surface area (Å²) in [6.45, 7) is 6.90. The van der Waals surface area contributed by atoms with Gasteiger partial charge in [-0.1, -0.05) is 48.8 Å². The van der Waals surface area contributed by atoms with E-state index in [1.165, 1.54) is 5.56 Å². The summed E-state index contributed by atoms with van der Waals surface area (Å²) in [4.78, 5) is 8.82. The number of rotatable bonds is 3. The van der Waals surface area contributed by atoms with Crippen molar-refractivity contribution in [3.63, 3.8) is 0 Å². The van der Waals surface area contributed by atoms with Gasteiger partial charge in [-0.05, 0) is 17.7 Å². The molecular weight excluding hydrogens is 316 g/mol. The number of anilines is 2. The Kier molecular flexibility index (Phi) is 4.28. The highest BCUT2D eigenvalue weighted by Gasteiger charge is 2.18. The minimum absolute atomic E-state index is 0.123. The quantitative estimate of drug-likeness (QED) is 0.897. The topological polar surface area (TPSA) is 63.8 Å². The fourth-order valence-corrected chi connectivity index (χ4v) is 2.18. The van der Waals surface area contributed by atoms with Gasteiger partial charge in [-0.3, -0.25) is 0 Å². The van der Waals surface area contributed by atoms with Crippen molar-refractivity contribution >= 4 is 27.6 Å². The first-order valence-electron chi connectivity index (χ1n) is 6.48. The molecule has 4 nitrogen and oxygen atoms in total. The third-order valence-corrected chi connectivity index (χ3v) is 3.27. The fraction of sp³-hybridized carbons (Fsp3) is 0.333. The molecule has 0 saturated carbocycles. The maximum atomic E-state index is 5.85. The third-order valence-electron chi connectivity index (χ3n) is 2.78. The van der Waals surface area contributed by atoms with E-state index in [4.69, 9.17) is 5.73 Å². The van der Waals surface area contributed by atoms with Gasteiger partial charge in [0.05, 0.1) is 0 Å². The van der Waals surface area contributed by atoms with Crippen LogP contribution in [0.2, 0.25) is 0 Å². The lowest BCUT2D eigenvalue weighted by Crippen LogP contribution is -2.18. The predicted octanol–water partition coefficient (Wildman–Crippen LogP) is 3.73. The van der Waals surface area contributed by atoms with Crippen LogP contribution in [0.25, 0.3) is 0 Å². The number of hydrogen-bond acceptors (Lipinski definition) is 4. The monoisotopic (exact) mass is 334 g/mol. The van der Waals surface area contributed by atoms with Gasteiger partial charge in [0.25, 0.3) is 0 Å². The third kappa shape index (κ3) is 3.93. The highest BCUT2D eigenvalue weighted by molar-refractivity contribution is 9.10. The molecule has 0 amide bonds. The summed E-state index contributed by atoms with van der Waals surface area (Å²) < 4.78 is 1.06. The maximum Gasteiger partial charge on any atom is 0.138 e. The first-order valence-corrected chi connectivity index (χ1v) is 7.27.